The van der Waals surface area contributed by atoms with Gasteiger partial charge in [0.2, 0.25) is 0 Å². The second kappa shape index (κ2) is 12.6. The highest BCUT2D eigenvalue weighted by molar-refractivity contribution is 6.30. The highest BCUT2D eigenvalue weighted by Gasteiger charge is 2.32. The first kappa shape index (κ1) is 29.8. The van der Waals surface area contributed by atoms with Crippen LogP contribution < -0.4 is 5.32 Å². The highest BCUT2D eigenvalue weighted by atomic mass is 35.5. The van der Waals surface area contributed by atoms with E-state index >= 15 is 0 Å². The molecule has 4 rings (SSSR count). The molecule has 0 bridgehead atoms. The number of aliphatic carboxylic acids is 1. The van der Waals surface area contributed by atoms with Crippen molar-refractivity contribution in [3.05, 3.63) is 106 Å². The van der Waals surface area contributed by atoms with Crippen LogP contribution in [0.4, 0.5) is 18.9 Å². The van der Waals surface area contributed by atoms with Crippen molar-refractivity contribution in [2.24, 2.45) is 0 Å². The van der Waals surface area contributed by atoms with Crippen LogP contribution in [0.2, 0.25) is 5.02 Å². The molecule has 41 heavy (non-hydrogen) atoms. The number of carbonyl (C=O) groups is 2. The zero-order valence-electron chi connectivity index (χ0n) is 22.5. The Morgan fingerprint density at radius 1 is 0.878 bits per heavy atom. The van der Waals surface area contributed by atoms with Gasteiger partial charge in [0.05, 0.1) is 5.56 Å². The fraction of sp³-hybridized carbons (Fsp3) is 0.219. The van der Waals surface area contributed by atoms with Crippen molar-refractivity contribution in [1.82, 2.24) is 4.98 Å². The number of hydrogen-bond acceptors (Lipinski definition) is 4. The molecule has 0 saturated heterocycles. The minimum atomic E-state index is -4.53. The van der Waals surface area contributed by atoms with Gasteiger partial charge in [0, 0.05) is 41.9 Å². The summed E-state index contributed by atoms with van der Waals surface area (Å²) in [4.78, 5) is 27.3. The number of carboxylic acid groups (broad SMARTS) is 1. The molecule has 0 atom stereocenters. The van der Waals surface area contributed by atoms with E-state index in [4.69, 9.17) is 16.7 Å². The Hall–Kier alpha value is -4.17. The Balaban J connectivity index is 1.60. The third-order valence-electron chi connectivity index (χ3n) is 6.81. The molecule has 0 amide bonds. The largest absolute Gasteiger partial charge is 0.481 e. The SMILES string of the molecule is Cc1cc(NCc2c(C)cc(C(F)(F)F)cc2-c2ccc(C(=O)CCCC(=O)O)nc2)ccc1-c1ccc(Cl)cc1. The van der Waals surface area contributed by atoms with E-state index in [0.717, 1.165) is 34.5 Å². The van der Waals surface area contributed by atoms with E-state index in [2.05, 4.69) is 10.3 Å². The first-order chi connectivity index (χ1) is 19.4. The molecule has 0 saturated carbocycles. The molecule has 4 aromatic rings. The van der Waals surface area contributed by atoms with Gasteiger partial charge < -0.3 is 10.4 Å². The number of rotatable bonds is 10. The molecular formula is C32H28ClF3N2O3. The molecule has 5 nitrogen and oxygen atoms in total. The van der Waals surface area contributed by atoms with Crippen molar-refractivity contribution in [2.45, 2.75) is 45.8 Å². The molecule has 0 aliphatic heterocycles. The molecule has 0 fully saturated rings. The van der Waals surface area contributed by atoms with Gasteiger partial charge in [-0.3, -0.25) is 14.6 Å². The van der Waals surface area contributed by atoms with Crippen LogP contribution in [0.1, 0.15) is 52.0 Å². The van der Waals surface area contributed by atoms with Gasteiger partial charge in [0.1, 0.15) is 5.69 Å². The first-order valence-electron chi connectivity index (χ1n) is 12.9. The second-order valence-electron chi connectivity index (χ2n) is 9.81. The van der Waals surface area contributed by atoms with Crippen LogP contribution in [0, 0.1) is 13.8 Å². The van der Waals surface area contributed by atoms with Crippen LogP contribution in [-0.4, -0.2) is 21.8 Å². The average molecular weight is 581 g/mol. The van der Waals surface area contributed by atoms with E-state index in [-0.39, 0.29) is 37.3 Å². The number of pyridine rings is 1. The third-order valence-corrected chi connectivity index (χ3v) is 7.06. The van der Waals surface area contributed by atoms with Crippen LogP contribution in [-0.2, 0) is 17.5 Å². The number of ketones is 1. The Bertz CT molecular complexity index is 1570. The maximum Gasteiger partial charge on any atom is 0.416 e. The zero-order valence-corrected chi connectivity index (χ0v) is 23.2. The van der Waals surface area contributed by atoms with E-state index in [1.54, 1.807) is 13.0 Å². The molecule has 0 aliphatic carbocycles. The monoisotopic (exact) mass is 580 g/mol. The standard InChI is InChI=1S/C32H28ClF3N2O3/c1-19-14-23(32(34,35)36)16-27(22-8-13-29(38-17-22)30(39)4-3-5-31(40)41)28(19)18-37-25-11-12-26(20(2)15-25)21-6-9-24(33)10-7-21/h6-17,37H,3-5,18H2,1-2H3,(H,40,41). The molecule has 2 N–H and O–H groups in total. The Morgan fingerprint density at radius 3 is 2.20 bits per heavy atom. The number of hydrogen-bond donors (Lipinski definition) is 2. The third kappa shape index (κ3) is 7.52. The van der Waals surface area contributed by atoms with Crippen LogP contribution in [0.15, 0.2) is 72.9 Å². The summed E-state index contributed by atoms with van der Waals surface area (Å²) in [6, 6.07) is 18.7. The fourth-order valence-corrected chi connectivity index (χ4v) is 4.76. The molecule has 3 aromatic carbocycles. The van der Waals surface area contributed by atoms with Crippen molar-refractivity contribution in [3.63, 3.8) is 0 Å². The van der Waals surface area contributed by atoms with Crippen LogP contribution in [0.5, 0.6) is 0 Å². The lowest BCUT2D eigenvalue weighted by atomic mass is 9.93. The van der Waals surface area contributed by atoms with Gasteiger partial charge in [-0.15, -0.1) is 0 Å². The van der Waals surface area contributed by atoms with Gasteiger partial charge in [0.15, 0.2) is 5.78 Å². The molecular weight excluding hydrogens is 553 g/mol. The lowest BCUT2D eigenvalue weighted by Crippen LogP contribution is -2.10. The van der Waals surface area contributed by atoms with Gasteiger partial charge in [0.25, 0.3) is 0 Å². The summed E-state index contributed by atoms with van der Waals surface area (Å²) in [6.45, 7) is 3.88. The number of carboxylic acids is 1. The van der Waals surface area contributed by atoms with Gasteiger partial charge in [-0.05, 0) is 96.1 Å². The number of nitrogens with one attached hydrogen (secondary N) is 1. The molecule has 1 heterocycles. The van der Waals surface area contributed by atoms with Crippen molar-refractivity contribution < 1.29 is 27.9 Å². The summed E-state index contributed by atoms with van der Waals surface area (Å²) >= 11 is 6.01. The molecule has 9 heteroatoms. The van der Waals surface area contributed by atoms with E-state index in [1.807, 2.05) is 49.4 Å². The number of carbonyl (C=O) groups excluding carboxylic acids is 1. The van der Waals surface area contributed by atoms with E-state index in [9.17, 15) is 22.8 Å². The molecule has 1 aromatic heterocycles. The van der Waals surface area contributed by atoms with Crippen molar-refractivity contribution in [1.29, 1.82) is 0 Å². The predicted octanol–water partition coefficient (Wildman–Crippen LogP) is 8.75. The maximum atomic E-state index is 13.7. The fourth-order valence-electron chi connectivity index (χ4n) is 4.64. The topological polar surface area (TPSA) is 79.3 Å². The lowest BCUT2D eigenvalue weighted by molar-refractivity contribution is -0.138. The number of anilines is 1. The van der Waals surface area contributed by atoms with Crippen LogP contribution in [0.25, 0.3) is 22.3 Å². The quantitative estimate of drug-likeness (QED) is 0.183. The van der Waals surface area contributed by atoms with Crippen molar-refractivity contribution in [3.8, 4) is 22.3 Å². The van der Waals surface area contributed by atoms with Gasteiger partial charge in [-0.2, -0.15) is 13.2 Å². The highest BCUT2D eigenvalue weighted by Crippen LogP contribution is 2.36. The van der Waals surface area contributed by atoms with Gasteiger partial charge in [-0.1, -0.05) is 35.9 Å². The number of Topliss-reactive ketones (excluding diaryl/α,β-unsaturated/α-hetero) is 1. The summed E-state index contributed by atoms with van der Waals surface area (Å²) in [5.74, 6) is -1.31. The van der Waals surface area contributed by atoms with Crippen molar-refractivity contribution in [2.75, 3.05) is 5.32 Å². The van der Waals surface area contributed by atoms with Crippen LogP contribution >= 0.6 is 11.6 Å². The minimum Gasteiger partial charge on any atom is -0.481 e. The Kier molecular flexibility index (Phi) is 9.13. The second-order valence-corrected chi connectivity index (χ2v) is 10.2. The Morgan fingerprint density at radius 2 is 1.59 bits per heavy atom. The first-order valence-corrected chi connectivity index (χ1v) is 13.3. The molecule has 0 spiro atoms. The smallest absolute Gasteiger partial charge is 0.416 e. The maximum absolute atomic E-state index is 13.7. The summed E-state index contributed by atoms with van der Waals surface area (Å²) in [5, 5.41) is 12.8. The summed E-state index contributed by atoms with van der Waals surface area (Å²) in [7, 11) is 0. The van der Waals surface area contributed by atoms with Gasteiger partial charge >= 0.3 is 12.1 Å². The normalized spacial score (nSPS) is 11.4. The predicted molar refractivity (Wildman–Crippen MR) is 154 cm³/mol. The molecule has 0 unspecified atom stereocenters. The molecule has 212 valence electrons. The number of nitrogens with zero attached hydrogens (tertiary/aromatic N) is 1. The molecule has 0 radical (unpaired) electrons. The number of aromatic nitrogens is 1. The molecule has 0 aliphatic rings. The summed E-state index contributed by atoms with van der Waals surface area (Å²) < 4.78 is 41.1. The zero-order chi connectivity index (χ0) is 29.7. The number of aryl methyl sites for hydroxylation is 2. The van der Waals surface area contributed by atoms with Crippen molar-refractivity contribution >= 4 is 29.0 Å². The number of halogens is 4. The average Bonchev–Trinajstić information content (AvgIpc) is 2.92. The van der Waals surface area contributed by atoms with E-state index in [1.165, 1.54) is 12.3 Å². The minimum absolute atomic E-state index is 0.0205. The van der Waals surface area contributed by atoms with E-state index < -0.39 is 17.7 Å². The summed E-state index contributed by atoms with van der Waals surface area (Å²) in [5.41, 5.74) is 5.19. The number of alkyl halides is 3. The lowest BCUT2D eigenvalue weighted by Gasteiger charge is -2.18. The van der Waals surface area contributed by atoms with Gasteiger partial charge in [-0.25, -0.2) is 0 Å². The summed E-state index contributed by atoms with van der Waals surface area (Å²) in [6.07, 6.45) is -3.08. The van der Waals surface area contributed by atoms with E-state index in [0.29, 0.717) is 27.3 Å². The number of benzene rings is 3. The Labute approximate surface area is 241 Å². The van der Waals surface area contributed by atoms with Crippen LogP contribution in [0.3, 0.4) is 0 Å².